The van der Waals surface area contributed by atoms with Crippen molar-refractivity contribution in [2.75, 3.05) is 36.5 Å². The largest absolute Gasteiger partial charge is 0.454 e. The maximum Gasteiger partial charge on any atom is 0.325 e. The van der Waals surface area contributed by atoms with Crippen LogP contribution in [0, 0.1) is 13.8 Å². The average Bonchev–Trinajstić information content (AvgIpc) is 3.28. The number of anilines is 2. The van der Waals surface area contributed by atoms with Gasteiger partial charge in [-0.05, 0) is 80.6 Å². The van der Waals surface area contributed by atoms with Gasteiger partial charge in [-0.3, -0.25) is 9.59 Å². The van der Waals surface area contributed by atoms with Gasteiger partial charge in [-0.1, -0.05) is 6.07 Å². The summed E-state index contributed by atoms with van der Waals surface area (Å²) in [5.41, 5.74) is 3.42. The summed E-state index contributed by atoms with van der Waals surface area (Å²) in [5.74, 6) is -1.40. The van der Waals surface area contributed by atoms with E-state index in [1.807, 2.05) is 19.1 Å². The molecule has 194 valence electrons. The fourth-order valence-corrected chi connectivity index (χ4v) is 6.32. The Kier molecular flexibility index (Phi) is 7.97. The topological polar surface area (TPSA) is 116 Å². The van der Waals surface area contributed by atoms with Crippen LogP contribution in [-0.2, 0) is 24.3 Å². The molecule has 1 amide bonds. The lowest BCUT2D eigenvalue weighted by Crippen LogP contribution is -2.42. The highest BCUT2D eigenvalue weighted by molar-refractivity contribution is 7.89. The van der Waals surface area contributed by atoms with E-state index in [0.29, 0.717) is 5.69 Å². The Morgan fingerprint density at radius 2 is 1.72 bits per heavy atom. The quantitative estimate of drug-likeness (QED) is 0.545. The smallest absolute Gasteiger partial charge is 0.325 e. The maximum atomic E-state index is 13.2. The monoisotopic (exact) mass is 515 g/mol. The van der Waals surface area contributed by atoms with Crippen LogP contribution in [0.5, 0.6) is 0 Å². The van der Waals surface area contributed by atoms with Crippen LogP contribution in [0.4, 0.5) is 11.4 Å². The van der Waals surface area contributed by atoms with Crippen molar-refractivity contribution in [2.24, 2.45) is 0 Å². The number of carbonyl (C=O) groups excluding carboxylic acids is 2. The van der Waals surface area contributed by atoms with Crippen LogP contribution in [0.1, 0.15) is 36.8 Å². The van der Waals surface area contributed by atoms with Gasteiger partial charge in [0.15, 0.2) is 6.61 Å². The second kappa shape index (κ2) is 11.0. The number of carbonyl (C=O) groups is 2. The number of hydrogen-bond acceptors (Lipinski definition) is 7. The van der Waals surface area contributed by atoms with Crippen molar-refractivity contribution in [3.63, 3.8) is 0 Å². The molecule has 9 nitrogen and oxygen atoms in total. The summed E-state index contributed by atoms with van der Waals surface area (Å²) in [6.07, 6.45) is 2.49. The van der Waals surface area contributed by atoms with Crippen LogP contribution in [-0.4, -0.2) is 68.1 Å². The molecule has 0 aliphatic carbocycles. The number of ether oxygens (including phenoxy) is 1. The number of nitrogens with one attached hydrogen (secondary N) is 1. The Bertz CT molecular complexity index is 1210. The summed E-state index contributed by atoms with van der Waals surface area (Å²) >= 11 is 0. The van der Waals surface area contributed by atoms with E-state index in [9.17, 15) is 23.1 Å². The third-order valence-corrected chi connectivity index (χ3v) is 8.68. The highest BCUT2D eigenvalue weighted by Crippen LogP contribution is 2.28. The summed E-state index contributed by atoms with van der Waals surface area (Å²) in [5, 5.41) is 12.8. The van der Waals surface area contributed by atoms with E-state index in [2.05, 4.69) is 10.2 Å². The Morgan fingerprint density at radius 3 is 2.39 bits per heavy atom. The first-order valence-corrected chi connectivity index (χ1v) is 13.7. The zero-order valence-corrected chi connectivity index (χ0v) is 21.5. The molecule has 2 atom stereocenters. The number of rotatable bonds is 7. The van der Waals surface area contributed by atoms with Gasteiger partial charge in [0.05, 0.1) is 11.0 Å². The molecule has 0 aromatic heterocycles. The lowest BCUT2D eigenvalue weighted by molar-refractivity contribution is -0.150. The SMILES string of the molecule is Cc1ccc(S(=O)(=O)N2CC(O)C[C@H]2C(=O)OCC(=O)Nc2ccc(N3CCCCC3)cc2)cc1C. The lowest BCUT2D eigenvalue weighted by Gasteiger charge is -2.28. The maximum absolute atomic E-state index is 13.2. The predicted molar refractivity (Wildman–Crippen MR) is 136 cm³/mol. The molecule has 0 radical (unpaired) electrons. The van der Waals surface area contributed by atoms with Gasteiger partial charge in [0.1, 0.15) is 6.04 Å². The van der Waals surface area contributed by atoms with E-state index in [-0.39, 0.29) is 17.9 Å². The highest BCUT2D eigenvalue weighted by Gasteiger charge is 2.44. The van der Waals surface area contributed by atoms with Crippen LogP contribution >= 0.6 is 0 Å². The minimum Gasteiger partial charge on any atom is -0.454 e. The predicted octanol–water partition coefficient (Wildman–Crippen LogP) is 2.60. The van der Waals surface area contributed by atoms with Gasteiger partial charge in [-0.2, -0.15) is 4.31 Å². The van der Waals surface area contributed by atoms with Crippen LogP contribution in [0.25, 0.3) is 0 Å². The number of amides is 1. The van der Waals surface area contributed by atoms with E-state index in [1.54, 1.807) is 31.2 Å². The fourth-order valence-electron chi connectivity index (χ4n) is 4.61. The number of aliphatic hydroxyl groups is 1. The number of piperidine rings is 1. The Labute approximate surface area is 212 Å². The molecule has 36 heavy (non-hydrogen) atoms. The van der Waals surface area contributed by atoms with E-state index < -0.39 is 40.7 Å². The number of sulfonamides is 1. The molecule has 2 saturated heterocycles. The second-order valence-electron chi connectivity index (χ2n) is 9.48. The summed E-state index contributed by atoms with van der Waals surface area (Å²) in [7, 11) is -4.04. The molecular weight excluding hydrogens is 482 g/mol. The summed E-state index contributed by atoms with van der Waals surface area (Å²) in [6.45, 7) is 4.95. The van der Waals surface area contributed by atoms with Crippen LogP contribution < -0.4 is 10.2 Å². The van der Waals surface area contributed by atoms with Gasteiger partial charge in [0.2, 0.25) is 10.0 Å². The molecule has 10 heteroatoms. The molecule has 2 fully saturated rings. The first-order chi connectivity index (χ1) is 17.1. The van der Waals surface area contributed by atoms with E-state index in [0.717, 1.165) is 34.2 Å². The Hall–Kier alpha value is -2.95. The van der Waals surface area contributed by atoms with E-state index in [1.165, 1.54) is 25.3 Å². The fraction of sp³-hybridized carbons (Fsp3) is 0.462. The number of hydrogen-bond donors (Lipinski definition) is 2. The van der Waals surface area contributed by atoms with Crippen LogP contribution in [0.15, 0.2) is 47.4 Å². The number of benzene rings is 2. The molecule has 2 aromatic carbocycles. The van der Waals surface area contributed by atoms with Gasteiger partial charge < -0.3 is 20.1 Å². The standard InChI is InChI=1S/C26H33N3O6S/c1-18-6-11-23(14-19(18)2)36(33,34)29-16-22(30)15-24(29)26(32)35-17-25(31)27-20-7-9-21(10-8-20)28-12-4-3-5-13-28/h6-11,14,22,24,30H,3-5,12-13,15-17H2,1-2H3,(H,27,31)/t22?,24-/m0/s1. The van der Waals surface area contributed by atoms with Crippen molar-refractivity contribution in [3.05, 3.63) is 53.6 Å². The van der Waals surface area contributed by atoms with Crippen molar-refractivity contribution in [1.82, 2.24) is 4.31 Å². The number of aliphatic hydroxyl groups excluding tert-OH is 1. The van der Waals surface area contributed by atoms with Gasteiger partial charge in [-0.15, -0.1) is 0 Å². The van der Waals surface area contributed by atoms with Crippen LogP contribution in [0.2, 0.25) is 0 Å². The summed E-state index contributed by atoms with van der Waals surface area (Å²) in [4.78, 5) is 27.5. The molecule has 2 heterocycles. The van der Waals surface area contributed by atoms with Crippen molar-refractivity contribution < 1.29 is 27.9 Å². The molecule has 2 aromatic rings. The van der Waals surface area contributed by atoms with Gasteiger partial charge in [0, 0.05) is 37.4 Å². The van der Waals surface area contributed by atoms with Crippen molar-refractivity contribution in [2.45, 2.75) is 56.6 Å². The van der Waals surface area contributed by atoms with E-state index in [4.69, 9.17) is 4.74 Å². The number of nitrogens with zero attached hydrogens (tertiary/aromatic N) is 2. The number of esters is 1. The van der Waals surface area contributed by atoms with Crippen molar-refractivity contribution in [3.8, 4) is 0 Å². The molecular formula is C26H33N3O6S. The van der Waals surface area contributed by atoms with Crippen molar-refractivity contribution in [1.29, 1.82) is 0 Å². The number of aryl methyl sites for hydroxylation is 2. The van der Waals surface area contributed by atoms with Gasteiger partial charge in [0.25, 0.3) is 5.91 Å². The molecule has 2 aliphatic heterocycles. The summed E-state index contributed by atoms with van der Waals surface area (Å²) < 4.78 is 32.5. The van der Waals surface area contributed by atoms with E-state index >= 15 is 0 Å². The highest BCUT2D eigenvalue weighted by atomic mass is 32.2. The molecule has 0 spiro atoms. The van der Waals surface area contributed by atoms with Crippen LogP contribution in [0.3, 0.4) is 0 Å². The van der Waals surface area contributed by atoms with Crippen molar-refractivity contribution >= 4 is 33.3 Å². The molecule has 4 rings (SSSR count). The van der Waals surface area contributed by atoms with Gasteiger partial charge in [-0.25, -0.2) is 8.42 Å². The summed E-state index contributed by atoms with van der Waals surface area (Å²) in [6, 6.07) is 11.0. The molecule has 0 saturated carbocycles. The third kappa shape index (κ3) is 5.88. The van der Waals surface area contributed by atoms with Gasteiger partial charge >= 0.3 is 5.97 Å². The third-order valence-electron chi connectivity index (χ3n) is 6.81. The normalized spacial score (nSPS) is 20.8. The molecule has 1 unspecified atom stereocenters. The minimum atomic E-state index is -4.04. The minimum absolute atomic E-state index is 0.0447. The second-order valence-corrected chi connectivity index (χ2v) is 11.4. The Balaban J connectivity index is 1.35. The Morgan fingerprint density at radius 1 is 1.03 bits per heavy atom. The molecule has 0 bridgehead atoms. The zero-order valence-electron chi connectivity index (χ0n) is 20.6. The zero-order chi connectivity index (χ0) is 25.9. The first-order valence-electron chi connectivity index (χ1n) is 12.2. The number of β-amino-alcohol motifs (C(OH)–C–C–N with tert-alkyl or cyclic N) is 1. The molecule has 2 N–H and O–H groups in total. The molecule has 2 aliphatic rings. The first kappa shape index (κ1) is 26.1. The lowest BCUT2D eigenvalue weighted by atomic mass is 10.1. The average molecular weight is 516 g/mol.